The van der Waals surface area contributed by atoms with Crippen LogP contribution in [0.5, 0.6) is 0 Å². The Kier molecular flexibility index (Phi) is 4.69. The first-order valence-corrected chi connectivity index (χ1v) is 9.38. The van der Waals surface area contributed by atoms with Gasteiger partial charge in [-0.25, -0.2) is 13.1 Å². The van der Waals surface area contributed by atoms with E-state index in [4.69, 9.17) is 0 Å². The number of hydrogen-bond acceptors (Lipinski definition) is 3. The Morgan fingerprint density at radius 3 is 2.50 bits per heavy atom. The van der Waals surface area contributed by atoms with Gasteiger partial charge in [0.2, 0.25) is 10.0 Å². The van der Waals surface area contributed by atoms with E-state index in [0.29, 0.717) is 12.1 Å². The van der Waals surface area contributed by atoms with Crippen molar-refractivity contribution >= 4 is 15.9 Å². The minimum Gasteiger partial charge on any atom is -0.348 e. The molecule has 2 N–H and O–H groups in total. The largest absolute Gasteiger partial charge is 0.348 e. The van der Waals surface area contributed by atoms with Crippen molar-refractivity contribution in [3.63, 3.8) is 0 Å². The molecule has 1 amide bonds. The third kappa shape index (κ3) is 4.21. The summed E-state index contributed by atoms with van der Waals surface area (Å²) in [5, 5.41) is 2.81. The van der Waals surface area contributed by atoms with Crippen molar-refractivity contribution in [1.29, 1.82) is 0 Å². The van der Waals surface area contributed by atoms with Gasteiger partial charge >= 0.3 is 0 Å². The molecule has 0 spiro atoms. The molecule has 0 radical (unpaired) electrons. The fraction of sp³-hybridized carbons (Fsp3) is 0.278. The van der Waals surface area contributed by atoms with Crippen LogP contribution in [0.2, 0.25) is 0 Å². The lowest BCUT2D eigenvalue weighted by molar-refractivity contribution is 0.0950. The second-order valence-electron chi connectivity index (χ2n) is 6.09. The number of nitrogens with one attached hydrogen (secondary N) is 2. The topological polar surface area (TPSA) is 75.3 Å². The van der Waals surface area contributed by atoms with Crippen molar-refractivity contribution in [1.82, 2.24) is 10.0 Å². The normalized spacial score (nSPS) is 14.4. The summed E-state index contributed by atoms with van der Waals surface area (Å²) in [4.78, 5) is 12.4. The van der Waals surface area contributed by atoms with Crippen molar-refractivity contribution in [2.24, 2.45) is 0 Å². The second kappa shape index (κ2) is 6.75. The minimum atomic E-state index is -3.55. The molecule has 2 aromatic rings. The molecule has 1 aliphatic rings. The standard InChI is InChI=1S/C18H20N2O3S/c1-13-5-7-14(8-6-13)12-19-18(21)15-3-2-4-17(11-15)24(22,23)20-16-9-10-16/h2-8,11,16,20H,9-10,12H2,1H3,(H,19,21). The predicted octanol–water partition coefficient (Wildman–Crippen LogP) is 2.37. The van der Waals surface area contributed by atoms with E-state index >= 15 is 0 Å². The molecule has 6 heteroatoms. The van der Waals surface area contributed by atoms with Gasteiger partial charge in [0.05, 0.1) is 4.90 Å². The van der Waals surface area contributed by atoms with Gasteiger partial charge in [-0.05, 0) is 43.5 Å². The number of sulfonamides is 1. The number of aryl methyl sites for hydroxylation is 1. The van der Waals surface area contributed by atoms with E-state index in [-0.39, 0.29) is 16.8 Å². The fourth-order valence-electron chi connectivity index (χ4n) is 2.28. The molecule has 5 nitrogen and oxygen atoms in total. The summed E-state index contributed by atoms with van der Waals surface area (Å²) in [6.07, 6.45) is 1.74. The van der Waals surface area contributed by atoms with Crippen LogP contribution in [0.25, 0.3) is 0 Å². The maximum atomic E-state index is 12.3. The summed E-state index contributed by atoms with van der Waals surface area (Å²) in [5.74, 6) is -0.293. The maximum absolute atomic E-state index is 12.3. The monoisotopic (exact) mass is 344 g/mol. The van der Waals surface area contributed by atoms with Crippen LogP contribution < -0.4 is 10.0 Å². The van der Waals surface area contributed by atoms with E-state index in [1.165, 1.54) is 12.1 Å². The minimum absolute atomic E-state index is 0.0361. The van der Waals surface area contributed by atoms with Gasteiger partial charge in [-0.2, -0.15) is 0 Å². The van der Waals surface area contributed by atoms with Crippen LogP contribution in [0.15, 0.2) is 53.4 Å². The molecule has 1 saturated carbocycles. The second-order valence-corrected chi connectivity index (χ2v) is 7.81. The highest BCUT2D eigenvalue weighted by Gasteiger charge is 2.28. The number of carbonyl (C=O) groups excluding carboxylic acids is 1. The summed E-state index contributed by atoms with van der Waals surface area (Å²) in [6, 6.07) is 14.0. The molecule has 0 bridgehead atoms. The number of hydrogen-bond donors (Lipinski definition) is 2. The predicted molar refractivity (Wildman–Crippen MR) is 92.1 cm³/mol. The summed E-state index contributed by atoms with van der Waals surface area (Å²) in [6.45, 7) is 2.40. The van der Waals surface area contributed by atoms with Gasteiger partial charge in [0, 0.05) is 18.2 Å². The van der Waals surface area contributed by atoms with Crippen LogP contribution in [0.3, 0.4) is 0 Å². The first-order chi connectivity index (χ1) is 11.4. The summed E-state index contributed by atoms with van der Waals surface area (Å²) in [5.41, 5.74) is 2.49. The van der Waals surface area contributed by atoms with Gasteiger partial charge in [-0.1, -0.05) is 35.9 Å². The van der Waals surface area contributed by atoms with Gasteiger partial charge in [0.1, 0.15) is 0 Å². The Morgan fingerprint density at radius 2 is 1.83 bits per heavy atom. The molecule has 0 saturated heterocycles. The highest BCUT2D eigenvalue weighted by atomic mass is 32.2. The fourth-order valence-corrected chi connectivity index (χ4v) is 3.63. The van der Waals surface area contributed by atoms with E-state index in [0.717, 1.165) is 24.0 Å². The molecule has 0 aliphatic heterocycles. The zero-order valence-electron chi connectivity index (χ0n) is 13.5. The molecule has 0 aromatic heterocycles. The smallest absolute Gasteiger partial charge is 0.251 e. The summed E-state index contributed by atoms with van der Waals surface area (Å²) >= 11 is 0. The number of benzene rings is 2. The highest BCUT2D eigenvalue weighted by Crippen LogP contribution is 2.22. The van der Waals surface area contributed by atoms with Crippen LogP contribution in [0, 0.1) is 6.92 Å². The van der Waals surface area contributed by atoms with Crippen molar-refractivity contribution in [3.8, 4) is 0 Å². The van der Waals surface area contributed by atoms with E-state index in [2.05, 4.69) is 10.0 Å². The highest BCUT2D eigenvalue weighted by molar-refractivity contribution is 7.89. The van der Waals surface area contributed by atoms with E-state index in [1.54, 1.807) is 12.1 Å². The van der Waals surface area contributed by atoms with Crippen LogP contribution in [-0.4, -0.2) is 20.4 Å². The lowest BCUT2D eigenvalue weighted by atomic mass is 10.1. The number of rotatable bonds is 6. The Morgan fingerprint density at radius 1 is 1.12 bits per heavy atom. The van der Waals surface area contributed by atoms with Gasteiger partial charge < -0.3 is 5.32 Å². The van der Waals surface area contributed by atoms with Crippen LogP contribution >= 0.6 is 0 Å². The Balaban J connectivity index is 1.68. The molecule has 1 fully saturated rings. The molecular formula is C18H20N2O3S. The van der Waals surface area contributed by atoms with Crippen molar-refractivity contribution in [2.75, 3.05) is 0 Å². The third-order valence-corrected chi connectivity index (χ3v) is 5.40. The zero-order chi connectivity index (χ0) is 17.2. The van der Waals surface area contributed by atoms with Gasteiger partial charge in [0.15, 0.2) is 0 Å². The molecule has 24 heavy (non-hydrogen) atoms. The molecule has 126 valence electrons. The molecule has 3 rings (SSSR count). The first kappa shape index (κ1) is 16.7. The molecule has 0 unspecified atom stereocenters. The van der Waals surface area contributed by atoms with Crippen LogP contribution in [0.1, 0.15) is 34.3 Å². The molecule has 1 aliphatic carbocycles. The van der Waals surface area contributed by atoms with E-state index < -0.39 is 10.0 Å². The lowest BCUT2D eigenvalue weighted by Gasteiger charge is -2.09. The van der Waals surface area contributed by atoms with Crippen LogP contribution in [-0.2, 0) is 16.6 Å². The van der Waals surface area contributed by atoms with E-state index in [9.17, 15) is 13.2 Å². The third-order valence-electron chi connectivity index (χ3n) is 3.88. The van der Waals surface area contributed by atoms with Crippen molar-refractivity contribution < 1.29 is 13.2 Å². The molecular weight excluding hydrogens is 324 g/mol. The molecule has 0 atom stereocenters. The summed E-state index contributed by atoms with van der Waals surface area (Å²) < 4.78 is 27.1. The maximum Gasteiger partial charge on any atom is 0.251 e. The molecule has 0 heterocycles. The van der Waals surface area contributed by atoms with Gasteiger partial charge in [-0.3, -0.25) is 4.79 Å². The van der Waals surface area contributed by atoms with Gasteiger partial charge in [-0.15, -0.1) is 0 Å². The van der Waals surface area contributed by atoms with E-state index in [1.807, 2.05) is 31.2 Å². The number of amides is 1. The quantitative estimate of drug-likeness (QED) is 0.845. The number of carbonyl (C=O) groups is 1. The lowest BCUT2D eigenvalue weighted by Crippen LogP contribution is -2.27. The SMILES string of the molecule is Cc1ccc(CNC(=O)c2cccc(S(=O)(=O)NC3CC3)c2)cc1. The van der Waals surface area contributed by atoms with Crippen LogP contribution in [0.4, 0.5) is 0 Å². The van der Waals surface area contributed by atoms with Gasteiger partial charge in [0.25, 0.3) is 5.91 Å². The Bertz CT molecular complexity index is 841. The van der Waals surface area contributed by atoms with Crippen molar-refractivity contribution in [2.45, 2.75) is 37.2 Å². The molecule has 2 aromatic carbocycles. The Labute approximate surface area is 142 Å². The first-order valence-electron chi connectivity index (χ1n) is 7.90. The Hall–Kier alpha value is -2.18. The zero-order valence-corrected chi connectivity index (χ0v) is 14.3. The summed E-state index contributed by atoms with van der Waals surface area (Å²) in [7, 11) is -3.55. The average Bonchev–Trinajstić information content (AvgIpc) is 3.37. The average molecular weight is 344 g/mol. The van der Waals surface area contributed by atoms with Crippen molar-refractivity contribution in [3.05, 3.63) is 65.2 Å².